The van der Waals surface area contributed by atoms with Crippen LogP contribution in [0.15, 0.2) is 30.9 Å². The van der Waals surface area contributed by atoms with E-state index in [-0.39, 0.29) is 12.1 Å². The minimum Gasteiger partial charge on any atom is -0.390 e. The Morgan fingerprint density at radius 1 is 1.39 bits per heavy atom. The summed E-state index contributed by atoms with van der Waals surface area (Å²) >= 11 is 0. The highest BCUT2D eigenvalue weighted by molar-refractivity contribution is 5.45. The number of rotatable bonds is 4. The van der Waals surface area contributed by atoms with Crippen LogP contribution in [0.4, 0.5) is 0 Å². The molecule has 122 valence electrons. The molecule has 2 unspecified atom stereocenters. The molecule has 0 amide bonds. The van der Waals surface area contributed by atoms with Gasteiger partial charge in [-0.1, -0.05) is 30.0 Å². The highest BCUT2D eigenvalue weighted by atomic mass is 16.3. The second kappa shape index (κ2) is 7.31. The van der Waals surface area contributed by atoms with Gasteiger partial charge in [-0.05, 0) is 62.5 Å². The lowest BCUT2D eigenvalue weighted by Gasteiger charge is -2.46. The second-order valence-corrected chi connectivity index (χ2v) is 6.59. The molecule has 0 aliphatic carbocycles. The fraction of sp³-hybridized carbons (Fsp3) is 0.500. The summed E-state index contributed by atoms with van der Waals surface area (Å²) in [5, 5.41) is 13.6. The zero-order valence-corrected chi connectivity index (χ0v) is 13.9. The zero-order chi connectivity index (χ0) is 16.2. The lowest BCUT2D eigenvalue weighted by atomic mass is 9.81. The van der Waals surface area contributed by atoms with Crippen LogP contribution in [0.3, 0.4) is 0 Å². The minimum atomic E-state index is -0.295. The first kappa shape index (κ1) is 16.3. The fourth-order valence-corrected chi connectivity index (χ4v) is 3.75. The fourth-order valence-electron chi connectivity index (χ4n) is 3.75. The Kier molecular flexibility index (Phi) is 5.17. The average Bonchev–Trinajstić information content (AvgIpc) is 2.57. The number of aliphatic hydroxyl groups excluding tert-OH is 1. The molecule has 3 aliphatic rings. The maximum absolute atomic E-state index is 10.5. The van der Waals surface area contributed by atoms with Crippen LogP contribution in [0.2, 0.25) is 0 Å². The molecule has 23 heavy (non-hydrogen) atoms. The normalized spacial score (nSPS) is 29.0. The van der Waals surface area contributed by atoms with Gasteiger partial charge in [-0.15, -0.1) is 6.58 Å². The molecule has 3 heteroatoms. The van der Waals surface area contributed by atoms with Crippen LogP contribution < -0.4 is 5.32 Å². The van der Waals surface area contributed by atoms with Crippen molar-refractivity contribution in [3.63, 3.8) is 0 Å². The maximum Gasteiger partial charge on any atom is 0.0983 e. The number of nitrogens with one attached hydrogen (secondary N) is 1. The number of fused-ring (bicyclic) bond motifs is 3. The lowest BCUT2D eigenvalue weighted by Crippen LogP contribution is -2.57. The zero-order valence-electron chi connectivity index (χ0n) is 13.9. The van der Waals surface area contributed by atoms with Gasteiger partial charge in [0.25, 0.3) is 0 Å². The van der Waals surface area contributed by atoms with Crippen molar-refractivity contribution in [2.24, 2.45) is 5.92 Å². The topological polar surface area (TPSA) is 35.5 Å². The molecule has 3 heterocycles. The summed E-state index contributed by atoms with van der Waals surface area (Å²) in [7, 11) is 1.95. The Hall–Kier alpha value is -1.60. The molecule has 4 rings (SSSR count). The maximum atomic E-state index is 10.5. The van der Waals surface area contributed by atoms with Gasteiger partial charge >= 0.3 is 0 Å². The highest BCUT2D eigenvalue weighted by Gasteiger charge is 2.40. The number of nitrogens with zero attached hydrogens (tertiary/aromatic N) is 1. The third kappa shape index (κ3) is 3.50. The summed E-state index contributed by atoms with van der Waals surface area (Å²) in [5.41, 5.74) is 3.53. The summed E-state index contributed by atoms with van der Waals surface area (Å²) in [4.78, 5) is 2.33. The number of hydrogen-bond donors (Lipinski definition) is 2. The van der Waals surface area contributed by atoms with Gasteiger partial charge in [-0.3, -0.25) is 4.90 Å². The molecular weight excluding hydrogens is 284 g/mol. The van der Waals surface area contributed by atoms with Gasteiger partial charge < -0.3 is 10.4 Å². The van der Waals surface area contributed by atoms with E-state index in [9.17, 15) is 5.11 Å². The number of benzene rings is 1. The minimum absolute atomic E-state index is 0.00364. The number of piperidine rings is 3. The first-order chi connectivity index (χ1) is 11.2. The van der Waals surface area contributed by atoms with E-state index in [1.165, 1.54) is 11.1 Å². The van der Waals surface area contributed by atoms with Gasteiger partial charge in [0.1, 0.15) is 0 Å². The van der Waals surface area contributed by atoms with Gasteiger partial charge in [0, 0.05) is 12.1 Å². The molecule has 3 fully saturated rings. The Labute approximate surface area is 139 Å². The molecule has 3 nitrogen and oxygen atoms in total. The van der Waals surface area contributed by atoms with Crippen LogP contribution in [0.5, 0.6) is 0 Å². The van der Waals surface area contributed by atoms with Crippen molar-refractivity contribution in [2.45, 2.75) is 38.0 Å². The van der Waals surface area contributed by atoms with E-state index in [1.807, 2.05) is 13.1 Å². The van der Waals surface area contributed by atoms with Crippen LogP contribution >= 0.6 is 0 Å². The van der Waals surface area contributed by atoms with Crippen molar-refractivity contribution in [1.29, 1.82) is 0 Å². The van der Waals surface area contributed by atoms with Crippen LogP contribution in [-0.2, 0) is 13.0 Å². The van der Waals surface area contributed by atoms with E-state index in [2.05, 4.69) is 46.8 Å². The quantitative estimate of drug-likeness (QED) is 0.659. The van der Waals surface area contributed by atoms with Gasteiger partial charge in [-0.25, -0.2) is 0 Å². The van der Waals surface area contributed by atoms with E-state index in [0.29, 0.717) is 5.92 Å². The predicted molar refractivity (Wildman–Crippen MR) is 94.1 cm³/mol. The molecule has 2 atom stereocenters. The first-order valence-corrected chi connectivity index (χ1v) is 8.54. The molecule has 1 aromatic rings. The van der Waals surface area contributed by atoms with Crippen LogP contribution in [0, 0.1) is 17.8 Å². The smallest absolute Gasteiger partial charge is 0.0983 e. The molecule has 3 saturated heterocycles. The van der Waals surface area contributed by atoms with Gasteiger partial charge in [0.05, 0.1) is 12.1 Å². The van der Waals surface area contributed by atoms with Crippen molar-refractivity contribution >= 4 is 0 Å². The summed E-state index contributed by atoms with van der Waals surface area (Å²) in [5.74, 6) is 7.11. The summed E-state index contributed by atoms with van der Waals surface area (Å²) in [6.07, 6.45) is 4.67. The third-order valence-electron chi connectivity index (χ3n) is 5.04. The SMILES string of the molecule is C=CCc1cc(CNC)ccc1C#CC1C(O)C2CCN1CC2. The van der Waals surface area contributed by atoms with E-state index < -0.39 is 0 Å². The summed E-state index contributed by atoms with van der Waals surface area (Å²) in [6, 6.07) is 6.42. The number of hydrogen-bond acceptors (Lipinski definition) is 3. The average molecular weight is 310 g/mol. The molecule has 0 aromatic heterocycles. The van der Waals surface area contributed by atoms with E-state index in [1.54, 1.807) is 0 Å². The molecule has 0 spiro atoms. The molecule has 0 saturated carbocycles. The van der Waals surface area contributed by atoms with Crippen LogP contribution in [-0.4, -0.2) is 42.3 Å². The molecule has 2 N–H and O–H groups in total. The molecular formula is C20H26N2O. The van der Waals surface area contributed by atoms with Crippen molar-refractivity contribution in [1.82, 2.24) is 10.2 Å². The summed E-state index contributed by atoms with van der Waals surface area (Å²) in [6.45, 7) is 6.85. The van der Waals surface area contributed by atoms with Gasteiger partial charge in [0.2, 0.25) is 0 Å². The largest absolute Gasteiger partial charge is 0.390 e. The van der Waals surface area contributed by atoms with Crippen LogP contribution in [0.1, 0.15) is 29.5 Å². The van der Waals surface area contributed by atoms with Crippen LogP contribution in [0.25, 0.3) is 0 Å². The second-order valence-electron chi connectivity index (χ2n) is 6.59. The summed E-state index contributed by atoms with van der Waals surface area (Å²) < 4.78 is 0. The lowest BCUT2D eigenvalue weighted by molar-refractivity contribution is -0.0500. The van der Waals surface area contributed by atoms with Crippen molar-refractivity contribution < 1.29 is 5.11 Å². The molecule has 2 bridgehead atoms. The van der Waals surface area contributed by atoms with Gasteiger partial charge in [0.15, 0.2) is 0 Å². The Bertz CT molecular complexity index is 618. The Balaban J connectivity index is 1.83. The van der Waals surface area contributed by atoms with Crippen molar-refractivity contribution in [3.8, 4) is 11.8 Å². The van der Waals surface area contributed by atoms with Crippen molar-refractivity contribution in [2.75, 3.05) is 20.1 Å². The first-order valence-electron chi connectivity index (χ1n) is 8.54. The van der Waals surface area contributed by atoms with E-state index in [4.69, 9.17) is 0 Å². The molecule has 3 aliphatic heterocycles. The standard InChI is InChI=1S/C20H26N2O/c1-3-4-18-13-15(14-21-2)5-6-16(18)7-8-19-20(23)17-9-11-22(19)12-10-17/h3,5-6,13,17,19-21,23H,1,4,9-12,14H2,2H3. The predicted octanol–water partition coefficient (Wildman–Crippen LogP) is 1.94. The monoisotopic (exact) mass is 310 g/mol. The number of allylic oxidation sites excluding steroid dienone is 1. The number of aliphatic hydroxyl groups is 1. The van der Waals surface area contributed by atoms with Gasteiger partial charge in [-0.2, -0.15) is 0 Å². The highest BCUT2D eigenvalue weighted by Crippen LogP contribution is 2.32. The van der Waals surface area contributed by atoms with E-state index >= 15 is 0 Å². The van der Waals surface area contributed by atoms with Crippen molar-refractivity contribution in [3.05, 3.63) is 47.5 Å². The molecule has 1 aromatic carbocycles. The Morgan fingerprint density at radius 3 is 2.83 bits per heavy atom. The van der Waals surface area contributed by atoms with E-state index in [0.717, 1.165) is 44.5 Å². The molecule has 0 radical (unpaired) electrons. The Morgan fingerprint density at radius 2 is 2.17 bits per heavy atom. The third-order valence-corrected chi connectivity index (χ3v) is 5.04.